The van der Waals surface area contributed by atoms with E-state index in [-0.39, 0.29) is 21.7 Å². The summed E-state index contributed by atoms with van der Waals surface area (Å²) < 4.78 is 76.1. The van der Waals surface area contributed by atoms with Gasteiger partial charge in [0.2, 0.25) is 0 Å². The smallest absolute Gasteiger partial charge is 0.305 e. The first-order chi connectivity index (χ1) is 13.5. The van der Waals surface area contributed by atoms with Gasteiger partial charge in [-0.2, -0.15) is 23.0 Å². The number of amides is 1. The largest absolute Gasteiger partial charge is 0.435 e. The van der Waals surface area contributed by atoms with Crippen LogP contribution < -0.4 is 5.32 Å². The fourth-order valence-electron chi connectivity index (χ4n) is 2.53. The van der Waals surface area contributed by atoms with E-state index in [4.69, 9.17) is 0 Å². The average Bonchev–Trinajstić information content (AvgIpc) is 3.12. The lowest BCUT2D eigenvalue weighted by atomic mass is 10.0. The summed E-state index contributed by atoms with van der Waals surface area (Å²) in [6.07, 6.45) is -2.91. The lowest BCUT2D eigenvalue weighted by molar-refractivity contribution is -0.141. The Bertz CT molecular complexity index is 1190. The highest BCUT2D eigenvalue weighted by atomic mass is 32.2. The van der Waals surface area contributed by atoms with Crippen LogP contribution in [0.1, 0.15) is 5.69 Å². The molecule has 1 amide bonds. The van der Waals surface area contributed by atoms with Gasteiger partial charge >= 0.3 is 12.2 Å². The van der Waals surface area contributed by atoms with Crippen LogP contribution in [-0.4, -0.2) is 30.5 Å². The standard InChI is InChI=1S/C18H13F4N3O3S/c1-29(27,28)11-6-7-12(14(19)10-11)13-4-2-3-5-15(13)23-17(26)25-9-8-16(24-25)18(20,21)22/h2-10H,1H3,(H,23,26). The van der Waals surface area contributed by atoms with Crippen molar-refractivity contribution in [1.29, 1.82) is 0 Å². The van der Waals surface area contributed by atoms with Crippen LogP contribution >= 0.6 is 0 Å². The maximum absolute atomic E-state index is 14.5. The van der Waals surface area contributed by atoms with Crippen LogP contribution in [0.15, 0.2) is 59.6 Å². The van der Waals surface area contributed by atoms with Crippen LogP contribution in [-0.2, 0) is 16.0 Å². The van der Waals surface area contributed by atoms with Crippen LogP contribution in [0.2, 0.25) is 0 Å². The predicted molar refractivity (Wildman–Crippen MR) is 96.6 cm³/mol. The number of carbonyl (C=O) groups excluding carboxylic acids is 1. The van der Waals surface area contributed by atoms with Crippen molar-refractivity contribution in [2.45, 2.75) is 11.1 Å². The summed E-state index contributed by atoms with van der Waals surface area (Å²) in [5, 5.41) is 5.55. The van der Waals surface area contributed by atoms with Crippen molar-refractivity contribution in [2.24, 2.45) is 0 Å². The van der Waals surface area contributed by atoms with Crippen molar-refractivity contribution in [3.05, 3.63) is 66.2 Å². The number of rotatable bonds is 3. The van der Waals surface area contributed by atoms with Gasteiger partial charge in [-0.15, -0.1) is 0 Å². The van der Waals surface area contributed by atoms with Gasteiger partial charge < -0.3 is 5.32 Å². The average molecular weight is 427 g/mol. The number of carbonyl (C=O) groups is 1. The molecule has 152 valence electrons. The SMILES string of the molecule is CS(=O)(=O)c1ccc(-c2ccccc2NC(=O)n2ccc(C(F)(F)F)n2)c(F)c1. The van der Waals surface area contributed by atoms with Gasteiger partial charge in [0.05, 0.1) is 10.6 Å². The first kappa shape index (κ1) is 20.5. The summed E-state index contributed by atoms with van der Waals surface area (Å²) in [5.74, 6) is -0.840. The van der Waals surface area contributed by atoms with E-state index in [1.165, 1.54) is 30.3 Å². The van der Waals surface area contributed by atoms with Gasteiger partial charge in [0.25, 0.3) is 0 Å². The minimum Gasteiger partial charge on any atom is -0.305 e. The molecule has 0 fully saturated rings. The van der Waals surface area contributed by atoms with E-state index in [2.05, 4.69) is 10.4 Å². The molecule has 0 radical (unpaired) electrons. The third-order valence-corrected chi connectivity index (χ3v) is 5.03. The Kier molecular flexibility index (Phi) is 5.18. The lowest BCUT2D eigenvalue weighted by Crippen LogP contribution is -2.21. The molecule has 6 nitrogen and oxygen atoms in total. The van der Waals surface area contributed by atoms with Gasteiger partial charge in [-0.3, -0.25) is 0 Å². The predicted octanol–water partition coefficient (Wildman–Crippen LogP) is 4.19. The number of aromatic nitrogens is 2. The number of sulfone groups is 1. The van der Waals surface area contributed by atoms with Crippen molar-refractivity contribution in [1.82, 2.24) is 9.78 Å². The molecule has 0 aliphatic heterocycles. The third-order valence-electron chi connectivity index (χ3n) is 3.92. The second kappa shape index (κ2) is 7.32. The number of nitrogens with zero attached hydrogens (tertiary/aromatic N) is 2. The lowest BCUT2D eigenvalue weighted by Gasteiger charge is -2.12. The normalized spacial score (nSPS) is 12.0. The fraction of sp³-hybridized carbons (Fsp3) is 0.111. The van der Waals surface area contributed by atoms with Gasteiger partial charge in [0.15, 0.2) is 15.5 Å². The van der Waals surface area contributed by atoms with Crippen molar-refractivity contribution < 1.29 is 30.8 Å². The van der Waals surface area contributed by atoms with Crippen molar-refractivity contribution >= 4 is 21.6 Å². The Morgan fingerprint density at radius 3 is 2.34 bits per heavy atom. The molecule has 3 rings (SSSR count). The van der Waals surface area contributed by atoms with E-state index in [0.29, 0.717) is 10.7 Å². The Morgan fingerprint density at radius 1 is 1.07 bits per heavy atom. The van der Waals surface area contributed by atoms with E-state index in [1.54, 1.807) is 6.07 Å². The summed E-state index contributed by atoms with van der Waals surface area (Å²) in [5.41, 5.74) is -0.915. The van der Waals surface area contributed by atoms with Gasteiger partial charge in [-0.05, 0) is 24.3 Å². The van der Waals surface area contributed by atoms with E-state index in [1.807, 2.05) is 0 Å². The second-order valence-corrected chi connectivity index (χ2v) is 8.05. The van der Waals surface area contributed by atoms with Crippen LogP contribution in [0.3, 0.4) is 0 Å². The molecule has 11 heteroatoms. The zero-order valence-electron chi connectivity index (χ0n) is 14.7. The first-order valence-electron chi connectivity index (χ1n) is 8.00. The zero-order valence-corrected chi connectivity index (χ0v) is 15.6. The van der Waals surface area contributed by atoms with Gasteiger partial charge in [-0.25, -0.2) is 17.6 Å². The molecule has 1 heterocycles. The molecule has 0 bridgehead atoms. The molecular weight excluding hydrogens is 414 g/mol. The Balaban J connectivity index is 1.94. The van der Waals surface area contributed by atoms with Crippen molar-refractivity contribution in [3.63, 3.8) is 0 Å². The van der Waals surface area contributed by atoms with Crippen LogP contribution in [0.25, 0.3) is 11.1 Å². The van der Waals surface area contributed by atoms with E-state index in [9.17, 15) is 30.8 Å². The summed E-state index contributed by atoms with van der Waals surface area (Å²) >= 11 is 0. The molecule has 0 spiro atoms. The summed E-state index contributed by atoms with van der Waals surface area (Å²) in [6.45, 7) is 0. The molecule has 0 saturated carbocycles. The number of nitrogens with one attached hydrogen (secondary N) is 1. The minimum atomic E-state index is -4.70. The number of para-hydroxylation sites is 1. The van der Waals surface area contributed by atoms with E-state index in [0.717, 1.165) is 18.5 Å². The molecule has 0 aliphatic carbocycles. The Hall–Kier alpha value is -3.21. The summed E-state index contributed by atoms with van der Waals surface area (Å²) in [7, 11) is -3.61. The maximum Gasteiger partial charge on any atom is 0.435 e. The minimum absolute atomic E-state index is 0.00439. The number of hydrogen-bond donors (Lipinski definition) is 1. The van der Waals surface area contributed by atoms with E-state index >= 15 is 0 Å². The topological polar surface area (TPSA) is 81.1 Å². The Morgan fingerprint density at radius 2 is 1.76 bits per heavy atom. The zero-order chi connectivity index (χ0) is 21.4. The summed E-state index contributed by atoms with van der Waals surface area (Å²) in [4.78, 5) is 12.0. The summed E-state index contributed by atoms with van der Waals surface area (Å²) in [6, 6.07) is 8.96. The van der Waals surface area contributed by atoms with Gasteiger partial charge in [-0.1, -0.05) is 24.3 Å². The molecule has 3 aromatic rings. The highest BCUT2D eigenvalue weighted by molar-refractivity contribution is 7.90. The van der Waals surface area contributed by atoms with Crippen molar-refractivity contribution in [2.75, 3.05) is 11.6 Å². The number of hydrogen-bond acceptors (Lipinski definition) is 4. The van der Waals surface area contributed by atoms with Crippen LogP contribution in [0, 0.1) is 5.82 Å². The molecule has 0 saturated heterocycles. The number of anilines is 1. The number of benzene rings is 2. The van der Waals surface area contributed by atoms with Crippen LogP contribution in [0.4, 0.5) is 28.0 Å². The molecule has 1 N–H and O–H groups in total. The molecule has 0 aliphatic rings. The maximum atomic E-state index is 14.5. The second-order valence-electron chi connectivity index (χ2n) is 6.03. The third kappa shape index (κ3) is 4.45. The van der Waals surface area contributed by atoms with Crippen LogP contribution in [0.5, 0.6) is 0 Å². The highest BCUT2D eigenvalue weighted by Crippen LogP contribution is 2.32. The highest BCUT2D eigenvalue weighted by Gasteiger charge is 2.34. The molecular formula is C18H13F4N3O3S. The van der Waals surface area contributed by atoms with Crippen molar-refractivity contribution in [3.8, 4) is 11.1 Å². The monoisotopic (exact) mass is 427 g/mol. The molecule has 29 heavy (non-hydrogen) atoms. The first-order valence-corrected chi connectivity index (χ1v) is 9.89. The molecule has 0 atom stereocenters. The number of alkyl halides is 3. The molecule has 2 aromatic carbocycles. The quantitative estimate of drug-likeness (QED) is 0.636. The fourth-order valence-corrected chi connectivity index (χ4v) is 3.17. The van der Waals surface area contributed by atoms with E-state index < -0.39 is 33.6 Å². The molecule has 0 unspecified atom stereocenters. The Labute approximate surface area is 162 Å². The van der Waals surface area contributed by atoms with Gasteiger partial charge in [0.1, 0.15) is 5.82 Å². The molecule has 1 aromatic heterocycles. The van der Waals surface area contributed by atoms with Gasteiger partial charge in [0, 0.05) is 23.6 Å². The number of halogens is 4.